The van der Waals surface area contributed by atoms with Gasteiger partial charge < -0.3 is 18.9 Å². The third kappa shape index (κ3) is 3.24. The Labute approximate surface area is 125 Å². The summed E-state index contributed by atoms with van der Waals surface area (Å²) in [6, 6.07) is 4.00. The first-order valence-corrected chi connectivity index (χ1v) is 7.52. The Morgan fingerprint density at radius 3 is 2.62 bits per heavy atom. The first-order chi connectivity index (χ1) is 10.3. The van der Waals surface area contributed by atoms with Gasteiger partial charge >= 0.3 is 0 Å². The number of likely N-dealkylation sites (tertiary alicyclic amines) is 1. The number of ether oxygens (including phenoxy) is 4. The minimum absolute atomic E-state index is 0.344. The van der Waals surface area contributed by atoms with E-state index in [2.05, 4.69) is 11.0 Å². The highest BCUT2D eigenvalue weighted by atomic mass is 16.5. The maximum Gasteiger partial charge on any atom is 0.164 e. The van der Waals surface area contributed by atoms with E-state index in [1.165, 1.54) is 0 Å². The van der Waals surface area contributed by atoms with Crippen LogP contribution in [0.1, 0.15) is 18.4 Å². The summed E-state index contributed by atoms with van der Waals surface area (Å²) in [5.41, 5.74) is 1.14. The van der Waals surface area contributed by atoms with Crippen LogP contribution in [0.15, 0.2) is 12.1 Å². The SMILES string of the molecule is COc1cc2c(cc1CN1CC[C@H](OC)C1)OCCCO2. The van der Waals surface area contributed by atoms with Crippen molar-refractivity contribution in [3.8, 4) is 17.2 Å². The topological polar surface area (TPSA) is 40.2 Å². The Bertz CT molecular complexity index is 491. The number of fused-ring (bicyclic) bond motifs is 1. The van der Waals surface area contributed by atoms with Gasteiger partial charge in [-0.1, -0.05) is 0 Å². The molecule has 0 saturated carbocycles. The molecule has 21 heavy (non-hydrogen) atoms. The molecule has 0 aromatic heterocycles. The van der Waals surface area contributed by atoms with E-state index in [1.54, 1.807) is 14.2 Å². The van der Waals surface area contributed by atoms with Crippen molar-refractivity contribution in [3.63, 3.8) is 0 Å². The van der Waals surface area contributed by atoms with Gasteiger partial charge in [-0.05, 0) is 12.5 Å². The van der Waals surface area contributed by atoms with Crippen molar-refractivity contribution in [1.29, 1.82) is 0 Å². The molecule has 0 unspecified atom stereocenters. The Morgan fingerprint density at radius 1 is 1.19 bits per heavy atom. The fourth-order valence-electron chi connectivity index (χ4n) is 2.92. The minimum atomic E-state index is 0.344. The number of hydrogen-bond acceptors (Lipinski definition) is 5. The summed E-state index contributed by atoms with van der Waals surface area (Å²) in [7, 11) is 3.48. The van der Waals surface area contributed by atoms with Crippen molar-refractivity contribution < 1.29 is 18.9 Å². The molecule has 0 amide bonds. The van der Waals surface area contributed by atoms with E-state index < -0.39 is 0 Å². The standard InChI is InChI=1S/C16H23NO4/c1-18-13-4-5-17(11-13)10-12-8-15-16(9-14(12)19-2)21-7-3-6-20-15/h8-9,13H,3-7,10-11H2,1-2H3/t13-/m0/s1. The quantitative estimate of drug-likeness (QED) is 0.850. The summed E-state index contributed by atoms with van der Waals surface area (Å²) in [6.45, 7) is 4.26. The zero-order chi connectivity index (χ0) is 14.7. The molecule has 0 bridgehead atoms. The van der Waals surface area contributed by atoms with Gasteiger partial charge in [0.1, 0.15) is 5.75 Å². The van der Waals surface area contributed by atoms with Gasteiger partial charge in [0, 0.05) is 44.8 Å². The highest BCUT2D eigenvalue weighted by Crippen LogP contribution is 2.37. The van der Waals surface area contributed by atoms with E-state index in [0.29, 0.717) is 19.3 Å². The molecular weight excluding hydrogens is 270 g/mol. The molecule has 1 aromatic rings. The molecular formula is C16H23NO4. The lowest BCUT2D eigenvalue weighted by molar-refractivity contribution is 0.107. The molecule has 5 nitrogen and oxygen atoms in total. The third-order valence-electron chi connectivity index (χ3n) is 4.11. The molecule has 0 N–H and O–H groups in total. The predicted molar refractivity (Wildman–Crippen MR) is 79.3 cm³/mol. The molecule has 2 heterocycles. The van der Waals surface area contributed by atoms with Crippen LogP contribution >= 0.6 is 0 Å². The number of nitrogens with zero attached hydrogens (tertiary/aromatic N) is 1. The second kappa shape index (κ2) is 6.54. The van der Waals surface area contributed by atoms with Crippen LogP contribution in [0.2, 0.25) is 0 Å². The second-order valence-electron chi connectivity index (χ2n) is 5.54. The van der Waals surface area contributed by atoms with E-state index in [1.807, 2.05) is 6.07 Å². The average Bonchev–Trinajstić information content (AvgIpc) is 2.83. The Balaban J connectivity index is 1.79. The van der Waals surface area contributed by atoms with Crippen molar-refractivity contribution in [3.05, 3.63) is 17.7 Å². The molecule has 0 spiro atoms. The number of benzene rings is 1. The number of hydrogen-bond donors (Lipinski definition) is 0. The Kier molecular flexibility index (Phi) is 4.51. The fraction of sp³-hybridized carbons (Fsp3) is 0.625. The summed E-state index contributed by atoms with van der Waals surface area (Å²) in [6.07, 6.45) is 2.34. The highest BCUT2D eigenvalue weighted by Gasteiger charge is 2.24. The van der Waals surface area contributed by atoms with Crippen molar-refractivity contribution in [2.24, 2.45) is 0 Å². The van der Waals surface area contributed by atoms with Gasteiger partial charge in [-0.25, -0.2) is 0 Å². The van der Waals surface area contributed by atoms with Crippen LogP contribution in [0.5, 0.6) is 17.2 Å². The molecule has 2 aliphatic rings. The number of methoxy groups -OCH3 is 2. The molecule has 116 valence electrons. The van der Waals surface area contributed by atoms with Gasteiger partial charge in [-0.3, -0.25) is 4.90 Å². The lowest BCUT2D eigenvalue weighted by atomic mass is 10.1. The van der Waals surface area contributed by atoms with Crippen molar-refractivity contribution in [1.82, 2.24) is 4.90 Å². The van der Waals surface area contributed by atoms with E-state index in [-0.39, 0.29) is 0 Å². The summed E-state index contributed by atoms with van der Waals surface area (Å²) in [5.74, 6) is 2.47. The summed E-state index contributed by atoms with van der Waals surface area (Å²) in [5, 5.41) is 0. The van der Waals surface area contributed by atoms with E-state index in [4.69, 9.17) is 18.9 Å². The smallest absolute Gasteiger partial charge is 0.164 e. The minimum Gasteiger partial charge on any atom is -0.496 e. The molecule has 5 heteroatoms. The van der Waals surface area contributed by atoms with Gasteiger partial charge in [0.05, 0.1) is 26.4 Å². The maximum absolute atomic E-state index is 5.77. The van der Waals surface area contributed by atoms with Gasteiger partial charge in [0.25, 0.3) is 0 Å². The van der Waals surface area contributed by atoms with E-state index >= 15 is 0 Å². The summed E-state index contributed by atoms with van der Waals surface area (Å²) < 4.78 is 22.4. The predicted octanol–water partition coefficient (Wildman–Crippen LogP) is 2.08. The molecule has 1 aromatic carbocycles. The second-order valence-corrected chi connectivity index (χ2v) is 5.54. The average molecular weight is 293 g/mol. The largest absolute Gasteiger partial charge is 0.496 e. The van der Waals surface area contributed by atoms with Crippen LogP contribution in [0.4, 0.5) is 0 Å². The first kappa shape index (κ1) is 14.5. The van der Waals surface area contributed by atoms with E-state index in [9.17, 15) is 0 Å². The highest BCUT2D eigenvalue weighted by molar-refractivity contribution is 5.51. The van der Waals surface area contributed by atoms with Gasteiger partial charge in [0.15, 0.2) is 11.5 Å². The molecule has 1 atom stereocenters. The Morgan fingerprint density at radius 2 is 1.95 bits per heavy atom. The van der Waals surface area contributed by atoms with Crippen LogP contribution in [0.25, 0.3) is 0 Å². The molecule has 0 aliphatic carbocycles. The molecule has 1 saturated heterocycles. The van der Waals surface area contributed by atoms with Crippen LogP contribution in [0, 0.1) is 0 Å². The normalized spacial score (nSPS) is 22.1. The maximum atomic E-state index is 5.77. The van der Waals surface area contributed by atoms with Crippen molar-refractivity contribution in [2.75, 3.05) is 40.5 Å². The van der Waals surface area contributed by atoms with Crippen molar-refractivity contribution in [2.45, 2.75) is 25.5 Å². The molecule has 0 radical (unpaired) electrons. The Hall–Kier alpha value is -1.46. The first-order valence-electron chi connectivity index (χ1n) is 7.52. The lowest BCUT2D eigenvalue weighted by Crippen LogP contribution is -2.22. The molecule has 2 aliphatic heterocycles. The van der Waals surface area contributed by atoms with Gasteiger partial charge in [0.2, 0.25) is 0 Å². The van der Waals surface area contributed by atoms with Crippen LogP contribution in [-0.2, 0) is 11.3 Å². The van der Waals surface area contributed by atoms with Crippen LogP contribution in [0.3, 0.4) is 0 Å². The van der Waals surface area contributed by atoms with Crippen LogP contribution in [-0.4, -0.2) is 51.5 Å². The number of rotatable bonds is 4. The zero-order valence-corrected chi connectivity index (χ0v) is 12.8. The fourth-order valence-corrected chi connectivity index (χ4v) is 2.92. The monoisotopic (exact) mass is 293 g/mol. The van der Waals surface area contributed by atoms with Gasteiger partial charge in [-0.2, -0.15) is 0 Å². The summed E-state index contributed by atoms with van der Waals surface area (Å²) in [4.78, 5) is 2.38. The summed E-state index contributed by atoms with van der Waals surface area (Å²) >= 11 is 0. The van der Waals surface area contributed by atoms with Crippen molar-refractivity contribution >= 4 is 0 Å². The zero-order valence-electron chi connectivity index (χ0n) is 12.8. The van der Waals surface area contributed by atoms with Crippen LogP contribution < -0.4 is 14.2 Å². The molecule has 3 rings (SSSR count). The third-order valence-corrected chi connectivity index (χ3v) is 4.11. The molecule has 1 fully saturated rings. The van der Waals surface area contributed by atoms with Gasteiger partial charge in [-0.15, -0.1) is 0 Å². The van der Waals surface area contributed by atoms with E-state index in [0.717, 1.165) is 55.3 Å². The lowest BCUT2D eigenvalue weighted by Gasteiger charge is -2.19.